The maximum atomic E-state index is 12.5. The summed E-state index contributed by atoms with van der Waals surface area (Å²) in [5, 5.41) is 3.21. The van der Waals surface area contributed by atoms with E-state index in [1.165, 1.54) is 6.08 Å². The number of rotatable bonds is 4. The van der Waals surface area contributed by atoms with Gasteiger partial charge < -0.3 is 10.2 Å². The van der Waals surface area contributed by atoms with Crippen LogP contribution in [-0.2, 0) is 4.79 Å². The zero-order valence-electron chi connectivity index (χ0n) is 11.2. The molecule has 2 aliphatic rings. The molecule has 3 nitrogen and oxygen atoms in total. The fourth-order valence-electron chi connectivity index (χ4n) is 3.00. The first-order chi connectivity index (χ1) is 8.88. The van der Waals surface area contributed by atoms with Crippen LogP contribution in [0.15, 0.2) is 12.7 Å². The van der Waals surface area contributed by atoms with Crippen LogP contribution in [-0.4, -0.2) is 43.2 Å². The van der Waals surface area contributed by atoms with Crippen LogP contribution in [0.4, 0.5) is 13.2 Å². The number of carbonyl (C=O) groups excluding carboxylic acids is 1. The third kappa shape index (κ3) is 3.88. The SMILES string of the molecule is C=CCN(CC(F)(F)F)C(=O)C1CC12CCNCC2.Cl. The number of nitrogens with zero attached hydrogens (tertiary/aromatic N) is 1. The van der Waals surface area contributed by atoms with E-state index in [4.69, 9.17) is 0 Å². The quantitative estimate of drug-likeness (QED) is 0.808. The highest BCUT2D eigenvalue weighted by molar-refractivity contribution is 5.85. The molecule has 1 aliphatic heterocycles. The first-order valence-corrected chi connectivity index (χ1v) is 6.55. The Bertz CT molecular complexity index is 367. The number of piperidine rings is 1. The van der Waals surface area contributed by atoms with Gasteiger partial charge in [0.2, 0.25) is 5.91 Å². The molecule has 1 unspecified atom stereocenters. The molecule has 1 amide bonds. The van der Waals surface area contributed by atoms with Crippen molar-refractivity contribution in [2.75, 3.05) is 26.2 Å². The van der Waals surface area contributed by atoms with E-state index in [1.807, 2.05) is 0 Å². The largest absolute Gasteiger partial charge is 0.406 e. The van der Waals surface area contributed by atoms with Gasteiger partial charge in [0, 0.05) is 12.5 Å². The molecular weight excluding hydrogens is 293 g/mol. The van der Waals surface area contributed by atoms with Crippen LogP contribution in [0.2, 0.25) is 0 Å². The first kappa shape index (κ1) is 17.3. The van der Waals surface area contributed by atoms with Gasteiger partial charge in [0.05, 0.1) is 0 Å². The lowest BCUT2D eigenvalue weighted by Crippen LogP contribution is -2.41. The molecule has 116 valence electrons. The number of amides is 1. The second-order valence-electron chi connectivity index (χ2n) is 5.49. The fraction of sp³-hybridized carbons (Fsp3) is 0.769. The fourth-order valence-corrected chi connectivity index (χ4v) is 3.00. The van der Waals surface area contributed by atoms with Crippen LogP contribution in [0.1, 0.15) is 19.3 Å². The van der Waals surface area contributed by atoms with E-state index in [-0.39, 0.29) is 36.2 Å². The minimum Gasteiger partial charge on any atom is -0.330 e. The van der Waals surface area contributed by atoms with Gasteiger partial charge in [0.25, 0.3) is 0 Å². The van der Waals surface area contributed by atoms with E-state index < -0.39 is 12.7 Å². The molecule has 1 N–H and O–H groups in total. The summed E-state index contributed by atoms with van der Waals surface area (Å²) in [7, 11) is 0. The van der Waals surface area contributed by atoms with Crippen molar-refractivity contribution in [3.63, 3.8) is 0 Å². The van der Waals surface area contributed by atoms with Gasteiger partial charge in [-0.15, -0.1) is 19.0 Å². The average Bonchev–Trinajstić information content (AvgIpc) is 3.01. The molecule has 1 saturated heterocycles. The van der Waals surface area contributed by atoms with Crippen LogP contribution >= 0.6 is 12.4 Å². The normalized spacial score (nSPS) is 23.9. The molecule has 7 heteroatoms. The number of hydrogen-bond donors (Lipinski definition) is 1. The van der Waals surface area contributed by atoms with Gasteiger partial charge in [0.1, 0.15) is 6.54 Å². The highest BCUT2D eigenvalue weighted by atomic mass is 35.5. The van der Waals surface area contributed by atoms with Crippen molar-refractivity contribution in [1.29, 1.82) is 0 Å². The molecule has 0 aromatic rings. The molecule has 0 radical (unpaired) electrons. The van der Waals surface area contributed by atoms with Crippen LogP contribution in [0, 0.1) is 11.3 Å². The van der Waals surface area contributed by atoms with E-state index in [0.29, 0.717) is 0 Å². The van der Waals surface area contributed by atoms with E-state index in [1.54, 1.807) is 0 Å². The van der Waals surface area contributed by atoms with Crippen molar-refractivity contribution in [2.24, 2.45) is 11.3 Å². The third-order valence-electron chi connectivity index (χ3n) is 4.12. The Hall–Kier alpha value is -0.750. The zero-order chi connectivity index (χ0) is 14.1. The van der Waals surface area contributed by atoms with Crippen LogP contribution in [0.25, 0.3) is 0 Å². The summed E-state index contributed by atoms with van der Waals surface area (Å²) in [4.78, 5) is 13.1. The highest BCUT2D eigenvalue weighted by Crippen LogP contribution is 2.59. The first-order valence-electron chi connectivity index (χ1n) is 6.55. The predicted molar refractivity (Wildman–Crippen MR) is 72.7 cm³/mol. The third-order valence-corrected chi connectivity index (χ3v) is 4.12. The van der Waals surface area contributed by atoms with Gasteiger partial charge in [-0.2, -0.15) is 13.2 Å². The summed E-state index contributed by atoms with van der Waals surface area (Å²) >= 11 is 0. The minimum atomic E-state index is -4.35. The molecule has 2 fully saturated rings. The topological polar surface area (TPSA) is 32.3 Å². The number of alkyl halides is 3. The van der Waals surface area contributed by atoms with Crippen molar-refractivity contribution in [1.82, 2.24) is 10.2 Å². The summed E-state index contributed by atoms with van der Waals surface area (Å²) in [5.74, 6) is -0.587. The Kier molecular flexibility index (Phi) is 5.49. The Morgan fingerprint density at radius 2 is 2.00 bits per heavy atom. The molecule has 20 heavy (non-hydrogen) atoms. The monoisotopic (exact) mass is 312 g/mol. The number of nitrogens with one attached hydrogen (secondary N) is 1. The lowest BCUT2D eigenvalue weighted by atomic mass is 9.91. The average molecular weight is 313 g/mol. The molecule has 1 heterocycles. The number of carbonyl (C=O) groups is 1. The van der Waals surface area contributed by atoms with Crippen LogP contribution in [0.5, 0.6) is 0 Å². The Labute approximate surface area is 123 Å². The maximum Gasteiger partial charge on any atom is 0.406 e. The highest BCUT2D eigenvalue weighted by Gasteiger charge is 2.58. The molecule has 0 bridgehead atoms. The zero-order valence-corrected chi connectivity index (χ0v) is 12.0. The van der Waals surface area contributed by atoms with Crippen molar-refractivity contribution >= 4 is 18.3 Å². The van der Waals surface area contributed by atoms with Crippen molar-refractivity contribution < 1.29 is 18.0 Å². The summed E-state index contributed by atoms with van der Waals surface area (Å²) in [6.07, 6.45) is -0.496. The van der Waals surface area contributed by atoms with E-state index in [0.717, 1.165) is 37.3 Å². The van der Waals surface area contributed by atoms with Crippen molar-refractivity contribution in [2.45, 2.75) is 25.4 Å². The summed E-state index contributed by atoms with van der Waals surface area (Å²) in [6.45, 7) is 3.91. The number of halogens is 4. The van der Waals surface area contributed by atoms with Gasteiger partial charge in [0.15, 0.2) is 0 Å². The second-order valence-corrected chi connectivity index (χ2v) is 5.49. The van der Waals surface area contributed by atoms with Gasteiger partial charge in [-0.25, -0.2) is 0 Å². The maximum absolute atomic E-state index is 12.5. The lowest BCUT2D eigenvalue weighted by molar-refractivity contribution is -0.161. The smallest absolute Gasteiger partial charge is 0.330 e. The molecule has 1 aliphatic carbocycles. The van der Waals surface area contributed by atoms with E-state index in [9.17, 15) is 18.0 Å². The Balaban J connectivity index is 0.00000200. The minimum absolute atomic E-state index is 0. The predicted octanol–water partition coefficient (Wildman–Crippen LogP) is 2.37. The lowest BCUT2D eigenvalue weighted by Gasteiger charge is -2.27. The van der Waals surface area contributed by atoms with Gasteiger partial charge in [-0.1, -0.05) is 6.08 Å². The standard InChI is InChI=1S/C13H19F3N2O.ClH/c1-2-7-18(9-13(14,15)16)11(19)10-8-12(10)3-5-17-6-4-12;/h2,10,17H,1,3-9H2;1H. The summed E-state index contributed by atoms with van der Waals surface area (Å²) in [6, 6.07) is 0. The Morgan fingerprint density at radius 1 is 1.40 bits per heavy atom. The molecular formula is C13H20ClF3N2O. The molecule has 0 aromatic carbocycles. The van der Waals surface area contributed by atoms with Gasteiger partial charge in [-0.05, 0) is 37.8 Å². The van der Waals surface area contributed by atoms with Gasteiger partial charge in [-0.3, -0.25) is 4.79 Å². The van der Waals surface area contributed by atoms with Crippen molar-refractivity contribution in [3.8, 4) is 0 Å². The molecule has 0 aromatic heterocycles. The Morgan fingerprint density at radius 3 is 2.50 bits per heavy atom. The summed E-state index contributed by atoms with van der Waals surface area (Å²) in [5.41, 5.74) is -0.0344. The molecule has 1 spiro atoms. The van der Waals surface area contributed by atoms with E-state index in [2.05, 4.69) is 11.9 Å². The van der Waals surface area contributed by atoms with Crippen LogP contribution < -0.4 is 5.32 Å². The molecule has 1 atom stereocenters. The molecule has 1 saturated carbocycles. The number of hydrogen-bond acceptors (Lipinski definition) is 2. The second kappa shape index (κ2) is 6.35. The summed E-state index contributed by atoms with van der Waals surface area (Å²) < 4.78 is 37.4. The van der Waals surface area contributed by atoms with E-state index >= 15 is 0 Å². The van der Waals surface area contributed by atoms with Crippen molar-refractivity contribution in [3.05, 3.63) is 12.7 Å². The van der Waals surface area contributed by atoms with Crippen LogP contribution in [0.3, 0.4) is 0 Å². The molecule has 2 rings (SSSR count). The van der Waals surface area contributed by atoms with Gasteiger partial charge >= 0.3 is 6.18 Å².